The van der Waals surface area contributed by atoms with Crippen LogP contribution in [0.15, 0.2) is 6.33 Å². The molecule has 0 saturated heterocycles. The molecule has 0 aromatic carbocycles. The van der Waals surface area contributed by atoms with E-state index in [-0.39, 0.29) is 0 Å². The lowest BCUT2D eigenvalue weighted by Gasteiger charge is -2.27. The Bertz CT molecular complexity index is 393. The Labute approximate surface area is 111 Å². The van der Waals surface area contributed by atoms with Crippen molar-refractivity contribution in [2.45, 2.75) is 30.4 Å². The molecule has 1 aromatic rings. The molecule has 2 rings (SSSR count). The van der Waals surface area contributed by atoms with Crippen molar-refractivity contribution in [1.29, 1.82) is 0 Å². The number of aromatic nitrogens is 2. The van der Waals surface area contributed by atoms with E-state index in [1.165, 1.54) is 32.0 Å². The lowest BCUT2D eigenvalue weighted by Crippen LogP contribution is -2.30. The van der Waals surface area contributed by atoms with Gasteiger partial charge in [0.05, 0.1) is 0 Å². The van der Waals surface area contributed by atoms with Crippen LogP contribution in [-0.2, 0) is 0 Å². The van der Waals surface area contributed by atoms with E-state index in [0.717, 1.165) is 6.54 Å². The topological polar surface area (TPSA) is 63.8 Å². The molecule has 3 N–H and O–H groups in total. The predicted octanol–water partition coefficient (Wildman–Crippen LogP) is 2.80. The molecule has 0 amide bonds. The van der Waals surface area contributed by atoms with Crippen LogP contribution in [0.25, 0.3) is 0 Å². The molecule has 1 fully saturated rings. The number of rotatable bonds is 4. The van der Waals surface area contributed by atoms with Gasteiger partial charge in [0.1, 0.15) is 12.0 Å². The summed E-state index contributed by atoms with van der Waals surface area (Å²) in [5, 5.41) is 3.62. The zero-order valence-corrected chi connectivity index (χ0v) is 11.4. The number of halogens is 1. The number of nitrogens with two attached hydrogens (primary N) is 1. The smallest absolute Gasteiger partial charge is 0.157 e. The van der Waals surface area contributed by atoms with Gasteiger partial charge in [0.25, 0.3) is 0 Å². The molecular weight excluding hydrogens is 256 g/mol. The Morgan fingerprint density at radius 1 is 1.47 bits per heavy atom. The molecule has 0 radical (unpaired) electrons. The van der Waals surface area contributed by atoms with Crippen LogP contribution in [0, 0.1) is 0 Å². The van der Waals surface area contributed by atoms with Gasteiger partial charge in [-0.25, -0.2) is 9.97 Å². The van der Waals surface area contributed by atoms with Crippen LogP contribution >= 0.6 is 23.4 Å². The number of nitrogen functional groups attached to an aromatic ring is 1. The van der Waals surface area contributed by atoms with Gasteiger partial charge < -0.3 is 11.1 Å². The fourth-order valence-electron chi connectivity index (χ4n) is 2.23. The highest BCUT2D eigenvalue weighted by atomic mass is 35.5. The summed E-state index contributed by atoms with van der Waals surface area (Å²) in [5.74, 6) is 0.644. The van der Waals surface area contributed by atoms with Gasteiger partial charge in [-0.15, -0.1) is 0 Å². The zero-order chi connectivity index (χ0) is 12.3. The molecule has 1 heterocycles. The molecule has 1 aliphatic carbocycles. The van der Waals surface area contributed by atoms with Gasteiger partial charge in [-0.3, -0.25) is 0 Å². The summed E-state index contributed by atoms with van der Waals surface area (Å²) < 4.78 is 0.323. The van der Waals surface area contributed by atoms with Crippen LogP contribution < -0.4 is 11.1 Å². The summed E-state index contributed by atoms with van der Waals surface area (Å²) in [6.45, 7) is 0.881. The Balaban J connectivity index is 2.04. The van der Waals surface area contributed by atoms with Gasteiger partial charge >= 0.3 is 0 Å². The Hall–Kier alpha value is -0.680. The van der Waals surface area contributed by atoms with Crippen LogP contribution in [0.4, 0.5) is 11.5 Å². The van der Waals surface area contributed by atoms with Crippen LogP contribution in [-0.4, -0.2) is 27.5 Å². The van der Waals surface area contributed by atoms with Crippen molar-refractivity contribution in [2.75, 3.05) is 23.9 Å². The van der Waals surface area contributed by atoms with E-state index in [2.05, 4.69) is 21.5 Å². The Morgan fingerprint density at radius 3 is 2.82 bits per heavy atom. The van der Waals surface area contributed by atoms with Crippen molar-refractivity contribution in [1.82, 2.24) is 9.97 Å². The molecule has 0 bridgehead atoms. The zero-order valence-electron chi connectivity index (χ0n) is 9.87. The monoisotopic (exact) mass is 272 g/mol. The van der Waals surface area contributed by atoms with Crippen LogP contribution in [0.2, 0.25) is 5.15 Å². The highest BCUT2D eigenvalue weighted by Crippen LogP contribution is 2.40. The third kappa shape index (κ3) is 2.77. The minimum absolute atomic E-state index is 0.312. The van der Waals surface area contributed by atoms with Gasteiger partial charge in [-0.1, -0.05) is 24.4 Å². The minimum Gasteiger partial charge on any atom is -0.393 e. The molecule has 0 aliphatic heterocycles. The second-order valence-corrected chi connectivity index (χ2v) is 6.01. The van der Waals surface area contributed by atoms with Crippen molar-refractivity contribution in [2.24, 2.45) is 0 Å². The molecule has 1 aliphatic rings. The van der Waals surface area contributed by atoms with Crippen molar-refractivity contribution in [3.8, 4) is 0 Å². The molecule has 0 atom stereocenters. The fourth-order valence-corrected chi connectivity index (χ4v) is 3.28. The number of hydrogen-bond donors (Lipinski definition) is 2. The maximum atomic E-state index is 5.86. The highest BCUT2D eigenvalue weighted by molar-refractivity contribution is 8.00. The van der Waals surface area contributed by atoms with Gasteiger partial charge in [0, 0.05) is 11.3 Å². The van der Waals surface area contributed by atoms with E-state index in [4.69, 9.17) is 17.3 Å². The average molecular weight is 273 g/mol. The number of hydrogen-bond acceptors (Lipinski definition) is 5. The van der Waals surface area contributed by atoms with Gasteiger partial charge in [-0.05, 0) is 19.1 Å². The maximum Gasteiger partial charge on any atom is 0.157 e. The van der Waals surface area contributed by atoms with E-state index >= 15 is 0 Å². The first-order chi connectivity index (χ1) is 8.17. The SMILES string of the molecule is CSC1(CNc2ncnc(Cl)c2N)CCCC1. The first-order valence-electron chi connectivity index (χ1n) is 5.72. The van der Waals surface area contributed by atoms with E-state index in [1.807, 2.05) is 11.8 Å². The summed E-state index contributed by atoms with van der Waals surface area (Å²) in [5.41, 5.74) is 6.26. The quantitative estimate of drug-likeness (QED) is 0.825. The van der Waals surface area contributed by atoms with E-state index in [9.17, 15) is 0 Å². The Kier molecular flexibility index (Phi) is 3.99. The number of nitrogens with one attached hydrogen (secondary N) is 1. The molecule has 1 saturated carbocycles. The number of anilines is 2. The van der Waals surface area contributed by atoms with Crippen molar-refractivity contribution in [3.05, 3.63) is 11.5 Å². The van der Waals surface area contributed by atoms with Gasteiger partial charge in [0.15, 0.2) is 11.0 Å². The number of nitrogens with zero attached hydrogens (tertiary/aromatic N) is 2. The van der Waals surface area contributed by atoms with E-state index in [1.54, 1.807) is 0 Å². The average Bonchev–Trinajstić information content (AvgIpc) is 2.81. The summed E-state index contributed by atoms with van der Waals surface area (Å²) in [6, 6.07) is 0. The van der Waals surface area contributed by atoms with Crippen LogP contribution in [0.1, 0.15) is 25.7 Å². The molecular formula is C11H17ClN4S. The summed E-state index contributed by atoms with van der Waals surface area (Å²) in [7, 11) is 0. The summed E-state index contributed by atoms with van der Waals surface area (Å²) in [6.07, 6.45) is 8.72. The van der Waals surface area contributed by atoms with Gasteiger partial charge in [-0.2, -0.15) is 11.8 Å². The van der Waals surface area contributed by atoms with Crippen molar-refractivity contribution >= 4 is 34.9 Å². The third-order valence-electron chi connectivity index (χ3n) is 3.36. The second-order valence-electron chi connectivity index (χ2n) is 4.37. The van der Waals surface area contributed by atoms with Crippen molar-refractivity contribution < 1.29 is 0 Å². The van der Waals surface area contributed by atoms with Crippen LogP contribution in [0.3, 0.4) is 0 Å². The standard InChI is InChI=1S/C11H17ClN4S/c1-17-11(4-2-3-5-11)6-14-10-8(13)9(12)15-7-16-10/h7H,2-6,13H2,1H3,(H,14,15,16). The lowest BCUT2D eigenvalue weighted by molar-refractivity contribution is 0.638. The molecule has 0 spiro atoms. The van der Waals surface area contributed by atoms with Gasteiger partial charge in [0.2, 0.25) is 0 Å². The Morgan fingerprint density at radius 2 is 2.18 bits per heavy atom. The normalized spacial score (nSPS) is 18.2. The minimum atomic E-state index is 0.312. The molecule has 94 valence electrons. The predicted molar refractivity (Wildman–Crippen MR) is 74.7 cm³/mol. The largest absolute Gasteiger partial charge is 0.393 e. The second kappa shape index (κ2) is 5.31. The van der Waals surface area contributed by atoms with Crippen molar-refractivity contribution in [3.63, 3.8) is 0 Å². The fraction of sp³-hybridized carbons (Fsp3) is 0.636. The molecule has 6 heteroatoms. The molecule has 4 nitrogen and oxygen atoms in total. The number of thioether (sulfide) groups is 1. The van der Waals surface area contributed by atoms with E-state index < -0.39 is 0 Å². The van der Waals surface area contributed by atoms with Crippen LogP contribution in [0.5, 0.6) is 0 Å². The lowest BCUT2D eigenvalue weighted by atomic mass is 10.1. The first-order valence-corrected chi connectivity index (χ1v) is 7.32. The van der Waals surface area contributed by atoms with E-state index in [0.29, 0.717) is 21.4 Å². The summed E-state index contributed by atoms with van der Waals surface area (Å²) in [4.78, 5) is 7.97. The maximum absolute atomic E-state index is 5.86. The molecule has 0 unspecified atom stereocenters. The summed E-state index contributed by atoms with van der Waals surface area (Å²) >= 11 is 7.79. The highest BCUT2D eigenvalue weighted by Gasteiger charge is 2.32. The molecule has 17 heavy (non-hydrogen) atoms. The first kappa shape index (κ1) is 12.8. The third-order valence-corrected chi connectivity index (χ3v) is 5.08. The molecule has 1 aromatic heterocycles.